The summed E-state index contributed by atoms with van der Waals surface area (Å²) in [6.07, 6.45) is 6.09. The molecule has 1 aromatic heterocycles. The fourth-order valence-corrected chi connectivity index (χ4v) is 3.81. The van der Waals surface area contributed by atoms with E-state index in [2.05, 4.69) is 44.4 Å². The predicted molar refractivity (Wildman–Crippen MR) is 108 cm³/mol. The van der Waals surface area contributed by atoms with Crippen LogP contribution in [-0.2, 0) is 6.54 Å². The van der Waals surface area contributed by atoms with Crippen LogP contribution in [0.15, 0.2) is 48.8 Å². The van der Waals surface area contributed by atoms with Gasteiger partial charge in [0.05, 0.1) is 0 Å². The summed E-state index contributed by atoms with van der Waals surface area (Å²) in [5.41, 5.74) is 3.63. The van der Waals surface area contributed by atoms with Crippen molar-refractivity contribution in [2.75, 3.05) is 49.1 Å². The van der Waals surface area contributed by atoms with Crippen molar-refractivity contribution in [3.8, 4) is 0 Å². The number of anilines is 2. The van der Waals surface area contributed by atoms with Gasteiger partial charge in [0.25, 0.3) is 0 Å². The van der Waals surface area contributed by atoms with Gasteiger partial charge in [-0.15, -0.1) is 0 Å². The lowest BCUT2D eigenvalue weighted by atomic mass is 10.2. The average molecular weight is 365 g/mol. The number of hydrogen-bond donors (Lipinski definition) is 1. The van der Waals surface area contributed by atoms with Gasteiger partial charge in [0.1, 0.15) is 0 Å². The number of piperazine rings is 1. The van der Waals surface area contributed by atoms with Crippen molar-refractivity contribution in [3.05, 3.63) is 54.4 Å². The Balaban J connectivity index is 1.26. The van der Waals surface area contributed by atoms with Crippen molar-refractivity contribution in [2.24, 2.45) is 0 Å². The molecule has 2 amide bonds. The molecule has 3 heterocycles. The maximum absolute atomic E-state index is 12.4. The number of aromatic nitrogens is 1. The molecule has 0 radical (unpaired) electrons. The number of hydrogen-bond acceptors (Lipinski definition) is 4. The highest BCUT2D eigenvalue weighted by molar-refractivity contribution is 5.74. The molecular formula is C21H27N5O. The topological polar surface area (TPSA) is 51.7 Å². The second-order valence-corrected chi connectivity index (χ2v) is 7.20. The van der Waals surface area contributed by atoms with E-state index in [0.29, 0.717) is 6.54 Å². The molecule has 0 saturated carbocycles. The fourth-order valence-electron chi connectivity index (χ4n) is 3.81. The lowest BCUT2D eigenvalue weighted by Crippen LogP contribution is -2.51. The Morgan fingerprint density at radius 1 is 0.815 bits per heavy atom. The maximum Gasteiger partial charge on any atom is 0.317 e. The minimum Gasteiger partial charge on any atom is -0.372 e. The molecule has 2 aliphatic rings. The second-order valence-electron chi connectivity index (χ2n) is 7.20. The molecule has 1 N–H and O–H groups in total. The van der Waals surface area contributed by atoms with Crippen molar-refractivity contribution in [3.63, 3.8) is 0 Å². The van der Waals surface area contributed by atoms with Gasteiger partial charge in [-0.05, 0) is 54.8 Å². The van der Waals surface area contributed by atoms with Gasteiger partial charge in [0, 0.05) is 69.6 Å². The fraction of sp³-hybridized carbons (Fsp3) is 0.429. The van der Waals surface area contributed by atoms with Gasteiger partial charge in [-0.3, -0.25) is 4.98 Å². The summed E-state index contributed by atoms with van der Waals surface area (Å²) in [5, 5.41) is 3.00. The number of nitrogens with one attached hydrogen (secondary N) is 1. The summed E-state index contributed by atoms with van der Waals surface area (Å²) in [4.78, 5) is 23.1. The summed E-state index contributed by atoms with van der Waals surface area (Å²) in [6, 6.07) is 12.7. The highest BCUT2D eigenvalue weighted by Gasteiger charge is 2.21. The average Bonchev–Trinajstić information content (AvgIpc) is 3.28. The number of pyridine rings is 1. The number of carbonyl (C=O) groups excluding carboxylic acids is 1. The largest absolute Gasteiger partial charge is 0.372 e. The first kappa shape index (κ1) is 17.6. The molecule has 2 aromatic rings. The third-order valence-corrected chi connectivity index (χ3v) is 5.45. The zero-order valence-corrected chi connectivity index (χ0v) is 15.7. The summed E-state index contributed by atoms with van der Waals surface area (Å²) in [6.45, 7) is 6.11. The summed E-state index contributed by atoms with van der Waals surface area (Å²) in [5.74, 6) is 0. The molecule has 0 aliphatic carbocycles. The van der Waals surface area contributed by atoms with E-state index >= 15 is 0 Å². The van der Waals surface area contributed by atoms with Crippen LogP contribution in [0, 0.1) is 0 Å². The third kappa shape index (κ3) is 4.32. The number of carbonyl (C=O) groups is 1. The van der Waals surface area contributed by atoms with E-state index in [9.17, 15) is 4.79 Å². The number of urea groups is 1. The molecule has 0 spiro atoms. The minimum atomic E-state index is 0.0100. The lowest BCUT2D eigenvalue weighted by Gasteiger charge is -2.36. The van der Waals surface area contributed by atoms with Crippen LogP contribution in [-0.4, -0.2) is 55.2 Å². The highest BCUT2D eigenvalue weighted by atomic mass is 16.2. The van der Waals surface area contributed by atoms with E-state index in [0.717, 1.165) is 31.7 Å². The van der Waals surface area contributed by atoms with Gasteiger partial charge < -0.3 is 20.0 Å². The molecule has 27 heavy (non-hydrogen) atoms. The molecule has 142 valence electrons. The van der Waals surface area contributed by atoms with E-state index in [1.807, 2.05) is 17.0 Å². The molecule has 6 heteroatoms. The smallest absolute Gasteiger partial charge is 0.317 e. The number of rotatable bonds is 4. The van der Waals surface area contributed by atoms with Crippen molar-refractivity contribution in [1.82, 2.24) is 15.2 Å². The van der Waals surface area contributed by atoms with Gasteiger partial charge in [0.2, 0.25) is 0 Å². The number of nitrogens with zero attached hydrogens (tertiary/aromatic N) is 4. The summed E-state index contributed by atoms with van der Waals surface area (Å²) in [7, 11) is 0. The number of amides is 2. The molecule has 6 nitrogen and oxygen atoms in total. The molecule has 0 bridgehead atoms. The molecular weight excluding hydrogens is 338 g/mol. The van der Waals surface area contributed by atoms with Crippen LogP contribution in [0.5, 0.6) is 0 Å². The van der Waals surface area contributed by atoms with Crippen LogP contribution in [0.1, 0.15) is 18.4 Å². The van der Waals surface area contributed by atoms with E-state index in [-0.39, 0.29) is 6.03 Å². The molecule has 2 saturated heterocycles. The van der Waals surface area contributed by atoms with E-state index < -0.39 is 0 Å². The Kier molecular flexibility index (Phi) is 5.42. The first-order chi connectivity index (χ1) is 13.3. The first-order valence-corrected chi connectivity index (χ1v) is 9.81. The van der Waals surface area contributed by atoms with Crippen LogP contribution < -0.4 is 15.1 Å². The summed E-state index contributed by atoms with van der Waals surface area (Å²) >= 11 is 0. The van der Waals surface area contributed by atoms with Gasteiger partial charge >= 0.3 is 6.03 Å². The first-order valence-electron chi connectivity index (χ1n) is 9.81. The minimum absolute atomic E-state index is 0.0100. The normalized spacial score (nSPS) is 17.3. The zero-order chi connectivity index (χ0) is 18.5. The Labute approximate surface area is 160 Å². The van der Waals surface area contributed by atoms with Crippen LogP contribution in [0.4, 0.5) is 16.2 Å². The quantitative estimate of drug-likeness (QED) is 0.905. The van der Waals surface area contributed by atoms with E-state index in [4.69, 9.17) is 0 Å². The highest BCUT2D eigenvalue weighted by Crippen LogP contribution is 2.24. The van der Waals surface area contributed by atoms with Gasteiger partial charge in [-0.2, -0.15) is 0 Å². The van der Waals surface area contributed by atoms with Crippen LogP contribution in [0.25, 0.3) is 0 Å². The maximum atomic E-state index is 12.4. The lowest BCUT2D eigenvalue weighted by molar-refractivity contribution is 0.194. The molecule has 0 atom stereocenters. The molecule has 4 rings (SSSR count). The monoisotopic (exact) mass is 365 g/mol. The molecule has 1 aromatic carbocycles. The summed E-state index contributed by atoms with van der Waals surface area (Å²) < 4.78 is 0. The Morgan fingerprint density at radius 2 is 1.37 bits per heavy atom. The van der Waals surface area contributed by atoms with Crippen molar-refractivity contribution >= 4 is 17.4 Å². The van der Waals surface area contributed by atoms with Crippen molar-refractivity contribution < 1.29 is 4.79 Å². The van der Waals surface area contributed by atoms with Crippen LogP contribution in [0.2, 0.25) is 0 Å². The van der Waals surface area contributed by atoms with Gasteiger partial charge in [0.15, 0.2) is 0 Å². The second kappa shape index (κ2) is 8.29. The Hall–Kier alpha value is -2.76. The molecule has 2 aliphatic heterocycles. The third-order valence-electron chi connectivity index (χ3n) is 5.45. The number of benzene rings is 1. The molecule has 0 unspecified atom stereocenters. The predicted octanol–water partition coefficient (Wildman–Crippen LogP) is 2.71. The standard InChI is InChI=1S/C21H27N5O/c27-21(23-17-18-7-9-22-10-8-18)26-15-13-25(14-16-26)20-5-3-19(4-6-20)24-11-1-2-12-24/h3-10H,1-2,11-17H2,(H,23,27). The van der Waals surface area contributed by atoms with Gasteiger partial charge in [-0.25, -0.2) is 4.79 Å². The SMILES string of the molecule is O=C(NCc1ccncc1)N1CCN(c2ccc(N3CCCC3)cc2)CC1. The Morgan fingerprint density at radius 3 is 1.96 bits per heavy atom. The van der Waals surface area contributed by atoms with Crippen LogP contribution in [0.3, 0.4) is 0 Å². The van der Waals surface area contributed by atoms with Gasteiger partial charge in [-0.1, -0.05) is 0 Å². The van der Waals surface area contributed by atoms with Crippen molar-refractivity contribution in [1.29, 1.82) is 0 Å². The van der Waals surface area contributed by atoms with Crippen LogP contribution >= 0.6 is 0 Å². The zero-order valence-electron chi connectivity index (χ0n) is 15.7. The van der Waals surface area contributed by atoms with Crippen molar-refractivity contribution in [2.45, 2.75) is 19.4 Å². The van der Waals surface area contributed by atoms with E-state index in [1.54, 1.807) is 12.4 Å². The Bertz CT molecular complexity index is 735. The molecule has 2 fully saturated rings. The van der Waals surface area contributed by atoms with E-state index in [1.165, 1.54) is 37.3 Å².